The predicted molar refractivity (Wildman–Crippen MR) is 98.8 cm³/mol. The molecule has 0 radical (unpaired) electrons. The molecule has 136 valence electrons. The van der Waals surface area contributed by atoms with E-state index < -0.39 is 0 Å². The molecule has 0 heterocycles. The van der Waals surface area contributed by atoms with Crippen molar-refractivity contribution < 1.29 is 19.8 Å². The number of hydrogen-bond donors (Lipinski definition) is 2. The normalized spacial score (nSPS) is 8.78. The third-order valence-electron chi connectivity index (χ3n) is 3.41. The van der Waals surface area contributed by atoms with Crippen LogP contribution >= 0.6 is 0 Å². The fraction of sp³-hybridized carbons (Fsp3) is 0.889. The van der Waals surface area contributed by atoms with Crippen LogP contribution in [0, 0.1) is 0 Å². The molecule has 0 atom stereocenters. The molecule has 2 N–H and O–H groups in total. The molecule has 0 aliphatic carbocycles. The molecular weight excluding hydrogens is 399 g/mol. The van der Waals surface area contributed by atoms with Crippen LogP contribution in [-0.2, 0) is 9.59 Å². The maximum atomic E-state index is 8.24. The smallest absolute Gasteiger partial charge is 0.0744 e. The summed E-state index contributed by atoms with van der Waals surface area (Å²) < 4.78 is 3.31. The summed E-state index contributed by atoms with van der Waals surface area (Å²) in [6.45, 7) is 5.60. The summed E-state index contributed by atoms with van der Waals surface area (Å²) in [4.78, 5) is 16.5. The van der Waals surface area contributed by atoms with E-state index in [0.29, 0.717) is 12.9 Å². The van der Waals surface area contributed by atoms with Crippen LogP contribution in [0.5, 0.6) is 0 Å². The van der Waals surface area contributed by atoms with Crippen molar-refractivity contribution in [3.8, 4) is 0 Å². The molecule has 0 aromatic heterocycles. The van der Waals surface area contributed by atoms with Gasteiger partial charge in [-0.15, -0.1) is 0 Å². The van der Waals surface area contributed by atoms with Gasteiger partial charge in [0.25, 0.3) is 0 Å². The number of rotatable bonds is 14. The molecule has 0 fully saturated rings. The van der Waals surface area contributed by atoms with Crippen LogP contribution < -0.4 is 0 Å². The van der Waals surface area contributed by atoms with Gasteiger partial charge in [-0.2, -0.15) is 0 Å². The summed E-state index contributed by atoms with van der Waals surface area (Å²) in [6, 6.07) is 0. The molecule has 0 saturated carbocycles. The second-order valence-corrected chi connectivity index (χ2v) is 9.75. The molecule has 0 amide bonds. The Balaban J connectivity index is -0.000000573. The first-order chi connectivity index (χ1) is 11.2. The van der Waals surface area contributed by atoms with Gasteiger partial charge in [0.1, 0.15) is 0 Å². The Morgan fingerprint density at radius 1 is 0.609 bits per heavy atom. The van der Waals surface area contributed by atoms with E-state index in [2.05, 4.69) is 13.8 Å². The van der Waals surface area contributed by atoms with Crippen molar-refractivity contribution >= 4 is 34.1 Å². The molecule has 0 rings (SSSR count). The maximum Gasteiger partial charge on any atom is -0.0744 e. The average Bonchev–Trinajstić information content (AvgIpc) is 2.53. The van der Waals surface area contributed by atoms with Crippen LogP contribution in [0.4, 0.5) is 0 Å². The van der Waals surface area contributed by atoms with E-state index in [-0.39, 0.29) is 21.1 Å². The van der Waals surface area contributed by atoms with Gasteiger partial charge in [0.05, 0.1) is 0 Å². The summed E-state index contributed by atoms with van der Waals surface area (Å²) in [5.41, 5.74) is 0. The number of aliphatic hydroxyl groups excluding tert-OH is 2. The fourth-order valence-electron chi connectivity index (χ4n) is 2.19. The monoisotopic (exact) mass is 436 g/mol. The van der Waals surface area contributed by atoms with E-state index in [4.69, 9.17) is 19.8 Å². The summed E-state index contributed by atoms with van der Waals surface area (Å²) in [5, 5.41) is 13.5. The minimum atomic E-state index is 0.0736. The molecule has 0 spiro atoms. The van der Waals surface area contributed by atoms with Gasteiger partial charge in [0.15, 0.2) is 0 Å². The Morgan fingerprint density at radius 2 is 0.870 bits per heavy atom. The van der Waals surface area contributed by atoms with E-state index in [1.54, 1.807) is 21.7 Å². The molecule has 5 heteroatoms. The van der Waals surface area contributed by atoms with E-state index >= 15 is 0 Å². The third kappa shape index (κ3) is 44.9. The molecule has 0 saturated heterocycles. The van der Waals surface area contributed by atoms with Gasteiger partial charge >= 0.3 is 121 Å². The zero-order valence-corrected chi connectivity index (χ0v) is 18.0. The van der Waals surface area contributed by atoms with Crippen molar-refractivity contribution in [1.82, 2.24) is 0 Å². The standard InChI is InChI=1S/2C8H17.2CHO2.Sn/c2*1-3-5-7-8-6-4-2;2*2-1-3;/h2*1,3-8H2,2H3;2*(H,2,3);/q;;2*-1;+2. The first-order valence-corrected chi connectivity index (χ1v) is 13.0. The third-order valence-corrected chi connectivity index (χ3v) is 7.45. The Hall–Kier alpha value is -0.261. The van der Waals surface area contributed by atoms with Gasteiger partial charge in [-0.05, 0) is 0 Å². The quantitative estimate of drug-likeness (QED) is 0.216. The topological polar surface area (TPSA) is 74.6 Å². The Labute approximate surface area is 153 Å². The Morgan fingerprint density at radius 3 is 1.17 bits per heavy atom. The second kappa shape index (κ2) is 33.4. The molecule has 0 bridgehead atoms. The second-order valence-electron chi connectivity index (χ2n) is 5.47. The Bertz CT molecular complexity index is 181. The zero-order valence-electron chi connectivity index (χ0n) is 15.1. The molecule has 0 aromatic rings. The first kappa shape index (κ1) is 27.6. The van der Waals surface area contributed by atoms with Crippen molar-refractivity contribution in [2.24, 2.45) is 0 Å². The van der Waals surface area contributed by atoms with Crippen LogP contribution in [0.15, 0.2) is 0 Å². The zero-order chi connectivity index (χ0) is 18.0. The minimum absolute atomic E-state index is 0.0736. The van der Waals surface area contributed by atoms with Gasteiger partial charge < -0.3 is 19.8 Å². The summed E-state index contributed by atoms with van der Waals surface area (Å²) in [5.74, 6) is 0. The Kier molecular flexibility index (Phi) is 40.0. The van der Waals surface area contributed by atoms with Crippen molar-refractivity contribution in [3.05, 3.63) is 0 Å². The van der Waals surface area contributed by atoms with E-state index in [9.17, 15) is 0 Å². The van der Waals surface area contributed by atoms with Gasteiger partial charge in [0, 0.05) is 0 Å². The van der Waals surface area contributed by atoms with Gasteiger partial charge in [-0.3, -0.25) is 0 Å². The van der Waals surface area contributed by atoms with Crippen LogP contribution in [-0.4, -0.2) is 44.3 Å². The minimum Gasteiger partial charge on any atom is -0.665 e. The fourth-order valence-corrected chi connectivity index (χ4v) is 5.75. The number of unbranched alkanes of at least 4 members (excludes halogenated alkanes) is 10. The van der Waals surface area contributed by atoms with Crippen molar-refractivity contribution in [2.75, 3.05) is 0 Å². The molecule has 23 heavy (non-hydrogen) atoms. The number of hydrogen-bond acceptors (Lipinski definition) is 2. The summed E-state index contributed by atoms with van der Waals surface area (Å²) in [6.07, 6.45) is 17.8. The van der Waals surface area contributed by atoms with Crippen LogP contribution in [0.2, 0.25) is 8.87 Å². The average molecular weight is 435 g/mol. The molecule has 0 aliphatic heterocycles. The largest absolute Gasteiger partial charge is 0.665 e. The maximum absolute atomic E-state index is 8.24. The van der Waals surface area contributed by atoms with Gasteiger partial charge in [-0.1, -0.05) is 12.9 Å². The van der Waals surface area contributed by atoms with Crippen molar-refractivity contribution in [2.45, 2.75) is 99.8 Å². The van der Waals surface area contributed by atoms with E-state index in [1.165, 1.54) is 64.2 Å². The molecule has 0 unspecified atom stereocenters. The van der Waals surface area contributed by atoms with Gasteiger partial charge in [-0.25, -0.2) is 0 Å². The van der Waals surface area contributed by atoms with E-state index in [0.717, 1.165) is 0 Å². The van der Waals surface area contributed by atoms with Crippen LogP contribution in [0.25, 0.3) is 0 Å². The molecule has 0 aromatic carbocycles. The van der Waals surface area contributed by atoms with Crippen molar-refractivity contribution in [3.63, 3.8) is 0 Å². The van der Waals surface area contributed by atoms with Crippen LogP contribution in [0.1, 0.15) is 90.9 Å². The SMILES string of the molecule is CCCCCCC[CH2][Sn+2][CH2]CCCCCCC.O=[C-]O.O=[C-]O. The molecule has 4 nitrogen and oxygen atoms in total. The van der Waals surface area contributed by atoms with E-state index in [1.807, 2.05) is 0 Å². The molecular formula is C18H36O4Sn. The first-order valence-electron chi connectivity index (χ1n) is 8.98. The molecule has 0 aliphatic rings. The summed E-state index contributed by atoms with van der Waals surface area (Å²) in [7, 11) is 0. The predicted octanol–water partition coefficient (Wildman–Crippen LogP) is 5.47. The van der Waals surface area contributed by atoms with Crippen LogP contribution in [0.3, 0.4) is 0 Å². The summed E-state index contributed by atoms with van der Waals surface area (Å²) >= 11 is 0.0736. The van der Waals surface area contributed by atoms with Gasteiger partial charge in [0.2, 0.25) is 0 Å². The van der Waals surface area contributed by atoms with Crippen molar-refractivity contribution in [1.29, 1.82) is 0 Å².